The van der Waals surface area contributed by atoms with Gasteiger partial charge in [0.25, 0.3) is 5.91 Å². The number of aryl methyl sites for hydroxylation is 1. The molecule has 7 nitrogen and oxygen atoms in total. The number of carbonyl (C=O) groups excluding carboxylic acids is 1. The summed E-state index contributed by atoms with van der Waals surface area (Å²) in [6.07, 6.45) is 2.98. The van der Waals surface area contributed by atoms with E-state index < -0.39 is 5.97 Å². The lowest BCUT2D eigenvalue weighted by Gasteiger charge is -2.21. The highest BCUT2D eigenvalue weighted by atomic mass is 16.4. The summed E-state index contributed by atoms with van der Waals surface area (Å²) < 4.78 is 1.77. The molecule has 0 bridgehead atoms. The van der Waals surface area contributed by atoms with Gasteiger partial charge in [0.15, 0.2) is 0 Å². The van der Waals surface area contributed by atoms with E-state index >= 15 is 0 Å². The molecule has 0 aliphatic heterocycles. The summed E-state index contributed by atoms with van der Waals surface area (Å²) in [7, 11) is 0. The monoisotopic (exact) mass is 352 g/mol. The summed E-state index contributed by atoms with van der Waals surface area (Å²) >= 11 is 0. The Hall–Kier alpha value is -3.22. The maximum absolute atomic E-state index is 12.4. The lowest BCUT2D eigenvalue weighted by Crippen LogP contribution is -2.21. The Labute approximate surface area is 150 Å². The van der Waals surface area contributed by atoms with Crippen LogP contribution in [0.5, 0.6) is 0 Å². The molecule has 0 spiro atoms. The SMILES string of the molecule is Cc1ccc(C(=O)Nc2ncc3c(C(=O)O)cn(C(C)(C)C)c3n2)cc1. The average molecular weight is 352 g/mol. The van der Waals surface area contributed by atoms with Crippen LogP contribution >= 0.6 is 0 Å². The molecule has 134 valence electrons. The Morgan fingerprint density at radius 2 is 1.81 bits per heavy atom. The Balaban J connectivity index is 2.01. The van der Waals surface area contributed by atoms with Crippen molar-refractivity contribution in [2.75, 3.05) is 5.32 Å². The fourth-order valence-corrected chi connectivity index (χ4v) is 2.63. The van der Waals surface area contributed by atoms with Crippen molar-refractivity contribution >= 4 is 28.9 Å². The number of nitrogens with zero attached hydrogens (tertiary/aromatic N) is 3. The highest BCUT2D eigenvalue weighted by molar-refractivity contribution is 6.05. The largest absolute Gasteiger partial charge is 0.478 e. The number of hydrogen-bond acceptors (Lipinski definition) is 4. The van der Waals surface area contributed by atoms with Gasteiger partial charge in [0.2, 0.25) is 5.95 Å². The molecule has 0 unspecified atom stereocenters. The van der Waals surface area contributed by atoms with Gasteiger partial charge in [0.1, 0.15) is 5.65 Å². The second kappa shape index (κ2) is 6.25. The number of aromatic carboxylic acids is 1. The molecule has 2 aromatic heterocycles. The molecule has 0 fully saturated rings. The zero-order valence-corrected chi connectivity index (χ0v) is 15.1. The van der Waals surface area contributed by atoms with E-state index in [1.54, 1.807) is 22.9 Å². The maximum Gasteiger partial charge on any atom is 0.337 e. The van der Waals surface area contributed by atoms with Gasteiger partial charge in [0.05, 0.1) is 10.9 Å². The number of amides is 1. The molecule has 0 radical (unpaired) electrons. The highest BCUT2D eigenvalue weighted by Crippen LogP contribution is 2.26. The molecule has 2 heterocycles. The Kier molecular flexibility index (Phi) is 4.23. The Morgan fingerprint density at radius 3 is 2.38 bits per heavy atom. The van der Waals surface area contributed by atoms with E-state index in [1.165, 1.54) is 6.20 Å². The van der Waals surface area contributed by atoms with Crippen LogP contribution in [0.3, 0.4) is 0 Å². The van der Waals surface area contributed by atoms with Crippen molar-refractivity contribution < 1.29 is 14.7 Å². The normalized spacial score (nSPS) is 11.5. The van der Waals surface area contributed by atoms with Crippen LogP contribution in [0.15, 0.2) is 36.7 Å². The highest BCUT2D eigenvalue weighted by Gasteiger charge is 2.23. The third-order valence-electron chi connectivity index (χ3n) is 4.04. The fraction of sp³-hybridized carbons (Fsp3) is 0.263. The van der Waals surface area contributed by atoms with Gasteiger partial charge < -0.3 is 9.67 Å². The molecule has 0 saturated carbocycles. The van der Waals surface area contributed by atoms with E-state index in [-0.39, 0.29) is 23.0 Å². The van der Waals surface area contributed by atoms with Crippen LogP contribution in [-0.2, 0) is 5.54 Å². The Bertz CT molecular complexity index is 998. The quantitative estimate of drug-likeness (QED) is 0.752. The fourth-order valence-electron chi connectivity index (χ4n) is 2.63. The second-order valence-electron chi connectivity index (χ2n) is 7.14. The predicted molar refractivity (Wildman–Crippen MR) is 98.6 cm³/mol. The van der Waals surface area contributed by atoms with Crippen molar-refractivity contribution in [1.29, 1.82) is 0 Å². The molecular formula is C19H20N4O3. The number of hydrogen-bond donors (Lipinski definition) is 2. The standard InChI is InChI=1S/C19H20N4O3/c1-11-5-7-12(8-6-11)16(24)22-18-20-9-13-14(17(25)26)10-23(15(13)21-18)19(2,3)4/h5-10H,1-4H3,(H,25,26)(H,20,21,22,24). The van der Waals surface area contributed by atoms with E-state index in [0.29, 0.717) is 16.6 Å². The van der Waals surface area contributed by atoms with Crippen LogP contribution in [-0.4, -0.2) is 31.5 Å². The molecule has 1 amide bonds. The zero-order valence-electron chi connectivity index (χ0n) is 15.1. The van der Waals surface area contributed by atoms with Crippen LogP contribution in [0.25, 0.3) is 11.0 Å². The van der Waals surface area contributed by atoms with Gasteiger partial charge in [-0.05, 0) is 39.8 Å². The van der Waals surface area contributed by atoms with Gasteiger partial charge in [-0.15, -0.1) is 0 Å². The molecule has 0 atom stereocenters. The van der Waals surface area contributed by atoms with Crippen molar-refractivity contribution in [1.82, 2.24) is 14.5 Å². The second-order valence-corrected chi connectivity index (χ2v) is 7.14. The first kappa shape index (κ1) is 17.6. The maximum atomic E-state index is 12.4. The Morgan fingerprint density at radius 1 is 1.15 bits per heavy atom. The molecule has 0 aliphatic rings. The van der Waals surface area contributed by atoms with Crippen molar-refractivity contribution in [2.24, 2.45) is 0 Å². The number of carboxylic acids is 1. The van der Waals surface area contributed by atoms with E-state index in [2.05, 4.69) is 15.3 Å². The van der Waals surface area contributed by atoms with Crippen molar-refractivity contribution in [3.05, 3.63) is 53.3 Å². The van der Waals surface area contributed by atoms with Gasteiger partial charge >= 0.3 is 5.97 Å². The molecule has 3 aromatic rings. The molecule has 26 heavy (non-hydrogen) atoms. The van der Waals surface area contributed by atoms with Crippen LogP contribution in [0, 0.1) is 6.92 Å². The summed E-state index contributed by atoms with van der Waals surface area (Å²) in [4.78, 5) is 32.3. The number of carboxylic acid groups (broad SMARTS) is 1. The average Bonchev–Trinajstić information content (AvgIpc) is 2.94. The number of carbonyl (C=O) groups is 2. The lowest BCUT2D eigenvalue weighted by molar-refractivity contribution is 0.0698. The van der Waals surface area contributed by atoms with Crippen molar-refractivity contribution in [3.8, 4) is 0 Å². The third-order valence-corrected chi connectivity index (χ3v) is 4.04. The molecule has 1 aromatic carbocycles. The van der Waals surface area contributed by atoms with Gasteiger partial charge in [-0.2, -0.15) is 4.98 Å². The zero-order chi connectivity index (χ0) is 19.1. The first-order valence-electron chi connectivity index (χ1n) is 8.17. The van der Waals surface area contributed by atoms with Gasteiger partial charge in [-0.3, -0.25) is 10.1 Å². The summed E-state index contributed by atoms with van der Waals surface area (Å²) in [5.41, 5.74) is 1.77. The number of rotatable bonds is 3. The number of nitrogens with one attached hydrogen (secondary N) is 1. The number of aromatic nitrogens is 3. The molecule has 0 saturated heterocycles. The number of benzene rings is 1. The molecular weight excluding hydrogens is 332 g/mol. The minimum atomic E-state index is -1.04. The van der Waals surface area contributed by atoms with Gasteiger partial charge in [0, 0.05) is 23.5 Å². The molecule has 0 aliphatic carbocycles. The smallest absolute Gasteiger partial charge is 0.337 e. The minimum absolute atomic E-state index is 0.128. The minimum Gasteiger partial charge on any atom is -0.478 e. The number of fused-ring (bicyclic) bond motifs is 1. The molecule has 7 heteroatoms. The summed E-state index contributed by atoms with van der Waals surface area (Å²) in [6.45, 7) is 7.79. The summed E-state index contributed by atoms with van der Waals surface area (Å²) in [6, 6.07) is 7.15. The molecule has 2 N–H and O–H groups in total. The van der Waals surface area contributed by atoms with Gasteiger partial charge in [-0.1, -0.05) is 17.7 Å². The van der Waals surface area contributed by atoms with Crippen LogP contribution in [0.2, 0.25) is 0 Å². The van der Waals surface area contributed by atoms with Crippen LogP contribution in [0.1, 0.15) is 47.1 Å². The van der Waals surface area contributed by atoms with Crippen molar-refractivity contribution in [3.63, 3.8) is 0 Å². The first-order valence-corrected chi connectivity index (χ1v) is 8.17. The van der Waals surface area contributed by atoms with Crippen LogP contribution in [0.4, 0.5) is 5.95 Å². The first-order chi connectivity index (χ1) is 12.2. The van der Waals surface area contributed by atoms with E-state index in [0.717, 1.165) is 5.56 Å². The lowest BCUT2D eigenvalue weighted by atomic mass is 10.1. The summed E-state index contributed by atoms with van der Waals surface area (Å²) in [5, 5.41) is 12.5. The third kappa shape index (κ3) is 3.28. The predicted octanol–water partition coefficient (Wildman–Crippen LogP) is 3.45. The van der Waals surface area contributed by atoms with E-state index in [4.69, 9.17) is 0 Å². The van der Waals surface area contributed by atoms with Crippen molar-refractivity contribution in [2.45, 2.75) is 33.2 Å². The van der Waals surface area contributed by atoms with Crippen LogP contribution < -0.4 is 5.32 Å². The van der Waals surface area contributed by atoms with E-state index in [9.17, 15) is 14.7 Å². The van der Waals surface area contributed by atoms with E-state index in [1.807, 2.05) is 39.8 Å². The topological polar surface area (TPSA) is 97.1 Å². The number of anilines is 1. The molecule has 3 rings (SSSR count). The summed E-state index contributed by atoms with van der Waals surface area (Å²) in [5.74, 6) is -1.24. The van der Waals surface area contributed by atoms with Gasteiger partial charge in [-0.25, -0.2) is 9.78 Å².